The maximum atomic E-state index is 10.3. The number of benzene rings is 2. The van der Waals surface area contributed by atoms with Crippen molar-refractivity contribution in [3.63, 3.8) is 0 Å². The van der Waals surface area contributed by atoms with Crippen LogP contribution in [0.4, 0.5) is 0 Å². The van der Waals surface area contributed by atoms with Gasteiger partial charge in [-0.25, -0.2) is 0 Å². The molecule has 0 aromatic heterocycles. The van der Waals surface area contributed by atoms with Crippen LogP contribution in [0, 0.1) is 0 Å². The average Bonchev–Trinajstić information content (AvgIpc) is 2.88. The van der Waals surface area contributed by atoms with Crippen LogP contribution < -0.4 is 5.32 Å². The summed E-state index contributed by atoms with van der Waals surface area (Å²) in [5, 5.41) is 25.8. The zero-order valence-electron chi connectivity index (χ0n) is 11.3. The summed E-state index contributed by atoms with van der Waals surface area (Å²) in [4.78, 5) is 0. The molecule has 1 fully saturated rings. The van der Waals surface area contributed by atoms with Crippen LogP contribution in [0.15, 0.2) is 36.4 Å². The Morgan fingerprint density at radius 1 is 1.20 bits per heavy atom. The summed E-state index contributed by atoms with van der Waals surface area (Å²) < 4.78 is 0. The van der Waals surface area contributed by atoms with Crippen molar-refractivity contribution in [2.75, 3.05) is 18.1 Å². The van der Waals surface area contributed by atoms with Crippen molar-refractivity contribution in [2.45, 2.75) is 18.6 Å². The van der Waals surface area contributed by atoms with Crippen molar-refractivity contribution in [3.05, 3.63) is 42.0 Å². The third-order valence-corrected chi connectivity index (χ3v) is 5.09. The summed E-state index contributed by atoms with van der Waals surface area (Å²) in [6.45, 7) is 1.14. The molecule has 0 spiro atoms. The van der Waals surface area contributed by atoms with Crippen molar-refractivity contribution < 1.29 is 10.2 Å². The number of hydrogen-bond donors (Lipinski definition) is 3. The monoisotopic (exact) mass is 289 g/mol. The highest BCUT2D eigenvalue weighted by molar-refractivity contribution is 7.99. The van der Waals surface area contributed by atoms with Crippen LogP contribution in [0.5, 0.6) is 5.75 Å². The lowest BCUT2D eigenvalue weighted by Crippen LogP contribution is -2.40. The highest BCUT2D eigenvalue weighted by Crippen LogP contribution is 2.29. The van der Waals surface area contributed by atoms with Gasteiger partial charge in [-0.1, -0.05) is 30.3 Å². The number of phenolic OH excluding ortho intramolecular Hbond substituents is 1. The van der Waals surface area contributed by atoms with Gasteiger partial charge in [0.1, 0.15) is 5.75 Å². The Morgan fingerprint density at radius 2 is 2.05 bits per heavy atom. The predicted molar refractivity (Wildman–Crippen MR) is 84.2 cm³/mol. The summed E-state index contributed by atoms with van der Waals surface area (Å²) in [6, 6.07) is 11.7. The number of aromatic hydroxyl groups is 1. The second-order valence-corrected chi connectivity index (χ2v) is 6.52. The molecule has 1 heterocycles. The van der Waals surface area contributed by atoms with Crippen molar-refractivity contribution in [1.82, 2.24) is 5.32 Å². The van der Waals surface area contributed by atoms with Gasteiger partial charge < -0.3 is 15.5 Å². The molecule has 0 aliphatic carbocycles. The summed E-state index contributed by atoms with van der Waals surface area (Å²) in [7, 11) is 0. The van der Waals surface area contributed by atoms with Crippen LogP contribution in [0.25, 0.3) is 10.8 Å². The molecular weight excluding hydrogens is 270 g/mol. The van der Waals surface area contributed by atoms with Crippen LogP contribution >= 0.6 is 11.8 Å². The van der Waals surface area contributed by atoms with Gasteiger partial charge in [-0.05, 0) is 29.0 Å². The van der Waals surface area contributed by atoms with Crippen molar-refractivity contribution in [3.8, 4) is 5.75 Å². The Balaban J connectivity index is 1.75. The van der Waals surface area contributed by atoms with Gasteiger partial charge in [0.25, 0.3) is 0 Å². The van der Waals surface area contributed by atoms with Gasteiger partial charge in [0.15, 0.2) is 0 Å². The Morgan fingerprint density at radius 3 is 2.85 bits per heavy atom. The minimum Gasteiger partial charge on any atom is -0.508 e. The van der Waals surface area contributed by atoms with Crippen LogP contribution in [0.2, 0.25) is 0 Å². The number of aliphatic hydroxyl groups is 1. The SMILES string of the molecule is Oc1ccc2ccccc2c1CNCC1(O)CCSC1. The molecule has 3 N–H and O–H groups in total. The normalized spacial score (nSPS) is 22.4. The van der Waals surface area contributed by atoms with Crippen molar-refractivity contribution in [1.29, 1.82) is 0 Å². The van der Waals surface area contributed by atoms with E-state index in [1.807, 2.05) is 30.3 Å². The Hall–Kier alpha value is -1.23. The molecule has 1 aliphatic heterocycles. The molecule has 0 bridgehead atoms. The average molecular weight is 289 g/mol. The van der Waals surface area contributed by atoms with Gasteiger partial charge in [-0.3, -0.25) is 0 Å². The molecule has 0 saturated carbocycles. The summed E-state index contributed by atoms with van der Waals surface area (Å²) >= 11 is 1.79. The van der Waals surface area contributed by atoms with E-state index in [0.717, 1.165) is 34.3 Å². The van der Waals surface area contributed by atoms with E-state index in [9.17, 15) is 10.2 Å². The molecule has 1 aliphatic rings. The fourth-order valence-electron chi connectivity index (χ4n) is 2.67. The molecule has 4 heteroatoms. The lowest BCUT2D eigenvalue weighted by atomic mass is 10.0. The highest BCUT2D eigenvalue weighted by atomic mass is 32.2. The molecule has 0 radical (unpaired) electrons. The lowest BCUT2D eigenvalue weighted by Gasteiger charge is -2.22. The molecule has 1 atom stereocenters. The van der Waals surface area contributed by atoms with E-state index in [2.05, 4.69) is 5.32 Å². The number of phenols is 1. The first-order chi connectivity index (χ1) is 9.68. The first-order valence-electron chi connectivity index (χ1n) is 6.88. The maximum Gasteiger partial charge on any atom is 0.120 e. The minimum absolute atomic E-state index is 0.309. The third kappa shape index (κ3) is 2.77. The number of rotatable bonds is 4. The zero-order valence-corrected chi connectivity index (χ0v) is 12.1. The highest BCUT2D eigenvalue weighted by Gasteiger charge is 2.31. The number of nitrogens with one attached hydrogen (secondary N) is 1. The molecule has 3 nitrogen and oxygen atoms in total. The lowest BCUT2D eigenvalue weighted by molar-refractivity contribution is 0.0674. The maximum absolute atomic E-state index is 10.3. The largest absolute Gasteiger partial charge is 0.508 e. The van der Waals surface area contributed by atoms with Crippen molar-refractivity contribution >= 4 is 22.5 Å². The second-order valence-electron chi connectivity index (χ2n) is 5.41. The van der Waals surface area contributed by atoms with E-state index >= 15 is 0 Å². The minimum atomic E-state index is -0.592. The van der Waals surface area contributed by atoms with Gasteiger partial charge in [0.05, 0.1) is 5.60 Å². The Labute approximate surface area is 123 Å². The van der Waals surface area contributed by atoms with Crippen LogP contribution in [-0.4, -0.2) is 33.9 Å². The van der Waals surface area contributed by atoms with Gasteiger partial charge >= 0.3 is 0 Å². The first kappa shape index (κ1) is 13.7. The predicted octanol–water partition coefficient (Wildman–Crippen LogP) is 2.50. The third-order valence-electron chi connectivity index (χ3n) is 3.85. The van der Waals surface area contributed by atoms with E-state index in [-0.39, 0.29) is 0 Å². The van der Waals surface area contributed by atoms with Crippen LogP contribution in [0.1, 0.15) is 12.0 Å². The molecule has 20 heavy (non-hydrogen) atoms. The van der Waals surface area contributed by atoms with Gasteiger partial charge in [-0.15, -0.1) is 0 Å². The summed E-state index contributed by atoms with van der Waals surface area (Å²) in [5.74, 6) is 2.13. The molecular formula is C16H19NO2S. The van der Waals surface area contributed by atoms with E-state index in [0.29, 0.717) is 18.8 Å². The first-order valence-corrected chi connectivity index (χ1v) is 8.04. The Bertz CT molecular complexity index is 608. The second kappa shape index (κ2) is 5.64. The van der Waals surface area contributed by atoms with E-state index < -0.39 is 5.60 Å². The molecule has 106 valence electrons. The molecule has 0 amide bonds. The topological polar surface area (TPSA) is 52.5 Å². The Kier molecular flexibility index (Phi) is 3.87. The fourth-order valence-corrected chi connectivity index (χ4v) is 3.96. The van der Waals surface area contributed by atoms with Gasteiger partial charge in [0.2, 0.25) is 0 Å². The van der Waals surface area contributed by atoms with E-state index in [1.165, 1.54) is 0 Å². The molecule has 2 aromatic carbocycles. The number of hydrogen-bond acceptors (Lipinski definition) is 4. The number of fused-ring (bicyclic) bond motifs is 1. The standard InChI is InChI=1S/C16H19NO2S/c18-15-6-5-12-3-1-2-4-13(12)14(15)9-17-10-16(19)7-8-20-11-16/h1-6,17-19H,7-11H2. The van der Waals surface area contributed by atoms with Crippen molar-refractivity contribution in [2.24, 2.45) is 0 Å². The van der Waals surface area contributed by atoms with Crippen LogP contribution in [0.3, 0.4) is 0 Å². The van der Waals surface area contributed by atoms with Crippen LogP contribution in [-0.2, 0) is 6.54 Å². The van der Waals surface area contributed by atoms with E-state index in [4.69, 9.17) is 0 Å². The fraction of sp³-hybridized carbons (Fsp3) is 0.375. The summed E-state index contributed by atoms with van der Waals surface area (Å²) in [5.41, 5.74) is 0.308. The number of thioether (sulfide) groups is 1. The molecule has 2 aromatic rings. The zero-order chi connectivity index (χ0) is 14.0. The quantitative estimate of drug-likeness (QED) is 0.809. The van der Waals surface area contributed by atoms with Gasteiger partial charge in [0, 0.05) is 24.4 Å². The molecule has 1 saturated heterocycles. The molecule has 3 rings (SSSR count). The van der Waals surface area contributed by atoms with Gasteiger partial charge in [-0.2, -0.15) is 11.8 Å². The smallest absolute Gasteiger partial charge is 0.120 e. The van der Waals surface area contributed by atoms with E-state index in [1.54, 1.807) is 17.8 Å². The summed E-state index contributed by atoms with van der Waals surface area (Å²) in [6.07, 6.45) is 0.839. The molecule has 1 unspecified atom stereocenters.